The monoisotopic (exact) mass is 449 g/mol. The molecule has 0 saturated heterocycles. The van der Waals surface area contributed by atoms with Crippen molar-refractivity contribution in [2.24, 2.45) is 0 Å². The molecule has 0 amide bonds. The molecule has 2 rings (SSSR count). The van der Waals surface area contributed by atoms with Crippen LogP contribution in [0.1, 0.15) is 51.6 Å². The van der Waals surface area contributed by atoms with Crippen LogP contribution in [0.2, 0.25) is 0 Å². The van der Waals surface area contributed by atoms with Crippen LogP contribution in [0.3, 0.4) is 0 Å². The molecule has 1 fully saturated rings. The van der Waals surface area contributed by atoms with E-state index in [0.29, 0.717) is 6.54 Å². The smallest absolute Gasteiger partial charge is 0.810 e. The van der Waals surface area contributed by atoms with E-state index in [2.05, 4.69) is 16.4 Å². The van der Waals surface area contributed by atoms with Gasteiger partial charge in [-0.05, 0) is 47.6 Å². The van der Waals surface area contributed by atoms with Gasteiger partial charge in [0.15, 0.2) is 0 Å². The number of rotatable bonds is 8. The predicted octanol–water partition coefficient (Wildman–Crippen LogP) is -4.75. The number of allylic oxidation sites excluding steroid dienone is 4. The molecule has 0 aliphatic heterocycles. The topological polar surface area (TPSA) is 151 Å². The Kier molecular flexibility index (Phi) is 11.3. The zero-order valence-corrected chi connectivity index (χ0v) is 22.7. The standard InChI is InChI=1S/C15H25N3O6P2.2Na/c1-11(2)5-4-6-12(3)7-8-18-10-14(16-17-18)13-9-15(13,25(19,20)21)26(22,23)24;;/h5,7,10,13H,4,6,8-9H2,1-3H3,(H2,19,20,21)(H2,22,23,24);;/q;2*+1/p-2/b12-7+;;. The van der Waals surface area contributed by atoms with Crippen molar-refractivity contribution in [3.8, 4) is 0 Å². The quantitative estimate of drug-likeness (QED) is 0.228. The Morgan fingerprint density at radius 3 is 2.36 bits per heavy atom. The van der Waals surface area contributed by atoms with Gasteiger partial charge in [0.25, 0.3) is 0 Å². The van der Waals surface area contributed by atoms with Crippen molar-refractivity contribution in [1.29, 1.82) is 0 Å². The summed E-state index contributed by atoms with van der Waals surface area (Å²) in [5.74, 6) is -1.12. The Labute approximate surface area is 209 Å². The summed E-state index contributed by atoms with van der Waals surface area (Å²) < 4.78 is 24.4. The zero-order chi connectivity index (χ0) is 19.8. The van der Waals surface area contributed by atoms with Crippen molar-refractivity contribution in [2.75, 3.05) is 0 Å². The number of nitrogens with zero attached hydrogens (tertiary/aromatic N) is 3. The van der Waals surface area contributed by atoms with Gasteiger partial charge in [-0.1, -0.05) is 28.5 Å². The minimum absolute atomic E-state index is 0. The Morgan fingerprint density at radius 2 is 1.89 bits per heavy atom. The van der Waals surface area contributed by atoms with Gasteiger partial charge in [0.05, 0.1) is 12.2 Å². The summed E-state index contributed by atoms with van der Waals surface area (Å²) in [5, 5.41) is 7.65. The molecule has 1 aromatic heterocycles. The van der Waals surface area contributed by atoms with Crippen LogP contribution >= 0.6 is 15.2 Å². The maximum Gasteiger partial charge on any atom is 1.00 e. The largest absolute Gasteiger partial charge is 1.00 e. The van der Waals surface area contributed by atoms with Gasteiger partial charge in [-0.25, -0.2) is 4.68 Å². The van der Waals surface area contributed by atoms with Gasteiger partial charge in [-0.2, -0.15) is 0 Å². The van der Waals surface area contributed by atoms with Crippen LogP contribution in [0.5, 0.6) is 0 Å². The molecule has 28 heavy (non-hydrogen) atoms. The molecule has 1 aromatic rings. The zero-order valence-electron chi connectivity index (χ0n) is 16.9. The van der Waals surface area contributed by atoms with Crippen LogP contribution in [0.25, 0.3) is 0 Å². The van der Waals surface area contributed by atoms with Crippen molar-refractivity contribution in [2.45, 2.75) is 57.4 Å². The summed E-state index contributed by atoms with van der Waals surface area (Å²) >= 11 is 0. The van der Waals surface area contributed by atoms with Crippen molar-refractivity contribution >= 4 is 15.2 Å². The molecule has 146 valence electrons. The van der Waals surface area contributed by atoms with E-state index in [1.165, 1.54) is 16.5 Å². The fraction of sp³-hybridized carbons (Fsp3) is 0.600. The molecule has 0 radical (unpaired) electrons. The summed E-state index contributed by atoms with van der Waals surface area (Å²) in [6.45, 7) is 6.46. The average molecular weight is 449 g/mol. The second-order valence-electron chi connectivity index (χ2n) is 6.91. The average Bonchev–Trinajstić information content (AvgIpc) is 3.11. The molecule has 9 nitrogen and oxygen atoms in total. The van der Waals surface area contributed by atoms with E-state index in [9.17, 15) is 28.7 Å². The first-order valence-corrected chi connectivity index (χ1v) is 11.3. The van der Waals surface area contributed by atoms with Crippen molar-refractivity contribution < 1.29 is 87.8 Å². The van der Waals surface area contributed by atoms with Gasteiger partial charge in [0.1, 0.15) is 4.90 Å². The van der Waals surface area contributed by atoms with Crippen molar-refractivity contribution in [3.05, 3.63) is 35.2 Å². The molecule has 13 heteroatoms. The molecule has 1 aliphatic rings. The summed E-state index contributed by atoms with van der Waals surface area (Å²) in [6, 6.07) is 0. The van der Waals surface area contributed by atoms with Crippen LogP contribution in [0.4, 0.5) is 0 Å². The Balaban J connectivity index is 0.00000364. The van der Waals surface area contributed by atoms with Crippen LogP contribution in [-0.4, -0.2) is 29.7 Å². The van der Waals surface area contributed by atoms with Crippen molar-refractivity contribution in [3.63, 3.8) is 0 Å². The van der Waals surface area contributed by atoms with Crippen LogP contribution in [0, 0.1) is 0 Å². The van der Waals surface area contributed by atoms with E-state index in [4.69, 9.17) is 0 Å². The van der Waals surface area contributed by atoms with E-state index in [1.807, 2.05) is 26.8 Å². The fourth-order valence-electron chi connectivity index (χ4n) is 2.87. The number of aromatic nitrogens is 3. The Bertz CT molecular complexity index is 803. The SMILES string of the molecule is CC(C)=CCC/C(C)=C/Cn1cc(C2CC2(P(=O)([O-])[O-])P(=O)(O)O)nn1.[Na+].[Na+]. The molecule has 2 atom stereocenters. The van der Waals surface area contributed by atoms with Crippen molar-refractivity contribution in [1.82, 2.24) is 15.0 Å². The maximum absolute atomic E-state index is 11.6. The molecule has 2 unspecified atom stereocenters. The molecular weight excluding hydrogens is 426 g/mol. The molecule has 0 spiro atoms. The summed E-state index contributed by atoms with van der Waals surface area (Å²) in [6.07, 6.45) is 6.92. The normalized spacial score (nSPS) is 22.1. The minimum Gasteiger partial charge on any atom is -0.810 e. The Morgan fingerprint density at radius 1 is 1.29 bits per heavy atom. The molecular formula is C15H23N3Na2O6P2. The third-order valence-corrected chi connectivity index (χ3v) is 8.97. The summed E-state index contributed by atoms with van der Waals surface area (Å²) in [5.41, 5.74) is 2.51. The minimum atomic E-state index is -5.50. The van der Waals surface area contributed by atoms with Crippen LogP contribution in [-0.2, 0) is 15.7 Å². The third-order valence-electron chi connectivity index (χ3n) is 4.51. The Hall–Kier alpha value is 0.920. The second kappa shape index (κ2) is 11.0. The van der Waals surface area contributed by atoms with E-state index in [0.717, 1.165) is 18.4 Å². The predicted molar refractivity (Wildman–Crippen MR) is 92.2 cm³/mol. The van der Waals surface area contributed by atoms with Gasteiger partial charge in [0.2, 0.25) is 0 Å². The molecule has 1 heterocycles. The first-order chi connectivity index (χ1) is 11.9. The van der Waals surface area contributed by atoms with Gasteiger partial charge in [0, 0.05) is 12.1 Å². The van der Waals surface area contributed by atoms with Crippen LogP contribution in [0.15, 0.2) is 29.5 Å². The second-order valence-corrected chi connectivity index (χ2v) is 10.9. The number of hydrogen-bond donors (Lipinski definition) is 2. The summed E-state index contributed by atoms with van der Waals surface area (Å²) in [7, 11) is -10.6. The maximum atomic E-state index is 11.6. The van der Waals surface area contributed by atoms with E-state index < -0.39 is 32.4 Å². The summed E-state index contributed by atoms with van der Waals surface area (Å²) in [4.78, 5) is 39.0. The molecule has 0 bridgehead atoms. The molecule has 0 aromatic carbocycles. The molecule has 1 saturated carbocycles. The third kappa shape index (κ3) is 6.71. The van der Waals surface area contributed by atoms with Crippen LogP contribution < -0.4 is 68.9 Å². The molecule has 2 N–H and O–H groups in total. The number of hydrogen-bond acceptors (Lipinski definition) is 6. The van der Waals surface area contributed by atoms with E-state index >= 15 is 0 Å². The van der Waals surface area contributed by atoms with Gasteiger partial charge in [-0.15, -0.1) is 5.10 Å². The fourth-order valence-corrected chi connectivity index (χ4v) is 6.02. The first-order valence-electron chi connectivity index (χ1n) is 8.15. The van der Waals surface area contributed by atoms with Gasteiger partial charge in [-0.3, -0.25) is 4.57 Å². The van der Waals surface area contributed by atoms with Gasteiger partial charge < -0.3 is 24.1 Å². The van der Waals surface area contributed by atoms with E-state index in [1.54, 1.807) is 0 Å². The first kappa shape index (κ1) is 28.9. The van der Waals surface area contributed by atoms with Gasteiger partial charge >= 0.3 is 66.7 Å². The van der Waals surface area contributed by atoms with E-state index in [-0.39, 0.29) is 64.8 Å². The molecule has 1 aliphatic carbocycles.